The van der Waals surface area contributed by atoms with Crippen LogP contribution in [0.15, 0.2) is 18.2 Å². The Morgan fingerprint density at radius 1 is 1.38 bits per heavy atom. The first-order chi connectivity index (χ1) is 5.88. The summed E-state index contributed by atoms with van der Waals surface area (Å²) in [6.45, 7) is 2.42. The first-order valence-electron chi connectivity index (χ1n) is 3.71. The van der Waals surface area contributed by atoms with Crippen molar-refractivity contribution >= 4 is 11.6 Å². The molecule has 13 heavy (non-hydrogen) atoms. The molecule has 0 aliphatic heterocycles. The highest BCUT2D eigenvalue weighted by molar-refractivity contribution is 6.31. The van der Waals surface area contributed by atoms with Crippen molar-refractivity contribution in [3.05, 3.63) is 28.8 Å². The summed E-state index contributed by atoms with van der Waals surface area (Å²) in [5.41, 5.74) is 0.711. The molecule has 0 aromatic heterocycles. The Kier molecular flexibility index (Phi) is 2.76. The van der Waals surface area contributed by atoms with Gasteiger partial charge in [-0.25, -0.2) is 0 Å². The van der Waals surface area contributed by atoms with Crippen LogP contribution in [0.2, 0.25) is 5.02 Å². The molecule has 0 saturated carbocycles. The second-order valence-corrected chi connectivity index (χ2v) is 3.23. The van der Waals surface area contributed by atoms with Crippen LogP contribution in [0.4, 0.5) is 8.78 Å². The van der Waals surface area contributed by atoms with Crippen LogP contribution in [-0.4, -0.2) is 6.11 Å². The van der Waals surface area contributed by atoms with Gasteiger partial charge in [0.1, 0.15) is 5.75 Å². The van der Waals surface area contributed by atoms with Crippen molar-refractivity contribution in [3.63, 3.8) is 0 Å². The average Bonchev–Trinajstić information content (AvgIpc) is 1.94. The molecule has 0 spiro atoms. The highest BCUT2D eigenvalue weighted by Crippen LogP contribution is 2.25. The van der Waals surface area contributed by atoms with Gasteiger partial charge in [-0.2, -0.15) is 8.78 Å². The minimum Gasteiger partial charge on any atom is -0.433 e. The summed E-state index contributed by atoms with van der Waals surface area (Å²) in [4.78, 5) is 0. The van der Waals surface area contributed by atoms with Gasteiger partial charge in [0.15, 0.2) is 0 Å². The normalized spacial score (nSPS) is 11.5. The topological polar surface area (TPSA) is 9.23 Å². The first kappa shape index (κ1) is 10.3. The van der Waals surface area contributed by atoms with Gasteiger partial charge in [-0.3, -0.25) is 0 Å². The molecule has 0 atom stereocenters. The molecule has 0 bridgehead atoms. The van der Waals surface area contributed by atoms with Crippen molar-refractivity contribution in [2.75, 3.05) is 0 Å². The van der Waals surface area contributed by atoms with E-state index in [1.165, 1.54) is 18.2 Å². The second kappa shape index (κ2) is 3.50. The molecule has 0 N–H and O–H groups in total. The van der Waals surface area contributed by atoms with E-state index < -0.39 is 6.11 Å². The largest absolute Gasteiger partial charge is 0.433 e. The van der Waals surface area contributed by atoms with Gasteiger partial charge in [0, 0.05) is 11.9 Å². The highest BCUT2D eigenvalue weighted by Gasteiger charge is 2.23. The Morgan fingerprint density at radius 2 is 2.00 bits per heavy atom. The van der Waals surface area contributed by atoms with E-state index in [0.29, 0.717) is 17.5 Å². The van der Waals surface area contributed by atoms with Crippen LogP contribution < -0.4 is 4.74 Å². The zero-order valence-corrected chi connectivity index (χ0v) is 8.03. The summed E-state index contributed by atoms with van der Waals surface area (Å²) in [5, 5.41) is 0.534. The van der Waals surface area contributed by atoms with E-state index in [9.17, 15) is 8.78 Å². The van der Waals surface area contributed by atoms with Crippen LogP contribution in [0.25, 0.3) is 0 Å². The van der Waals surface area contributed by atoms with E-state index in [2.05, 4.69) is 4.74 Å². The van der Waals surface area contributed by atoms with Crippen LogP contribution in [-0.2, 0) is 0 Å². The lowest BCUT2D eigenvalue weighted by Crippen LogP contribution is -2.19. The van der Waals surface area contributed by atoms with Gasteiger partial charge >= 0.3 is 6.11 Å². The molecule has 0 amide bonds. The Labute approximate surface area is 80.3 Å². The van der Waals surface area contributed by atoms with Crippen molar-refractivity contribution in [2.24, 2.45) is 0 Å². The number of aryl methyl sites for hydroxylation is 1. The maximum atomic E-state index is 12.4. The van der Waals surface area contributed by atoms with E-state index in [1.54, 1.807) is 6.92 Å². The van der Waals surface area contributed by atoms with Gasteiger partial charge in [0.05, 0.1) is 0 Å². The average molecular weight is 207 g/mol. The molecule has 1 aromatic rings. The maximum absolute atomic E-state index is 12.4. The van der Waals surface area contributed by atoms with Gasteiger partial charge in [-0.15, -0.1) is 0 Å². The van der Waals surface area contributed by atoms with Gasteiger partial charge in [-0.1, -0.05) is 11.6 Å². The summed E-state index contributed by atoms with van der Waals surface area (Å²) < 4.78 is 29.1. The van der Waals surface area contributed by atoms with Crippen molar-refractivity contribution < 1.29 is 13.5 Å². The Morgan fingerprint density at radius 3 is 2.46 bits per heavy atom. The molecule has 1 aromatic carbocycles. The Hall–Kier alpha value is -0.830. The summed E-state index contributed by atoms with van der Waals surface area (Å²) in [6.07, 6.45) is -3.15. The van der Waals surface area contributed by atoms with Crippen molar-refractivity contribution in [2.45, 2.75) is 20.0 Å². The predicted octanol–water partition coefficient (Wildman–Crippen LogP) is 3.64. The van der Waals surface area contributed by atoms with Crippen LogP contribution in [0.1, 0.15) is 12.5 Å². The molecule has 0 aliphatic carbocycles. The summed E-state index contributed by atoms with van der Waals surface area (Å²) in [7, 11) is 0. The minimum atomic E-state index is -3.15. The predicted molar refractivity (Wildman–Crippen MR) is 47.4 cm³/mol. The van der Waals surface area contributed by atoms with Crippen molar-refractivity contribution in [1.29, 1.82) is 0 Å². The number of benzene rings is 1. The number of ether oxygens (including phenoxy) is 1. The lowest BCUT2D eigenvalue weighted by atomic mass is 10.2. The standard InChI is InChI=1S/C9H9ClF2O/c1-6-5-7(3-4-8(6)10)13-9(2,11)12/h3-5H,1-2H3. The molecule has 0 saturated heterocycles. The number of alkyl halides is 2. The number of hydrogen-bond donors (Lipinski definition) is 0. The fourth-order valence-corrected chi connectivity index (χ4v) is 1.01. The third-order valence-electron chi connectivity index (χ3n) is 1.43. The molecule has 0 heterocycles. The molecular formula is C9H9ClF2O. The maximum Gasteiger partial charge on any atom is 0.394 e. The lowest BCUT2D eigenvalue weighted by molar-refractivity contribution is -0.158. The van der Waals surface area contributed by atoms with Crippen molar-refractivity contribution in [1.82, 2.24) is 0 Å². The molecule has 1 nitrogen and oxygen atoms in total. The molecule has 0 radical (unpaired) electrons. The minimum absolute atomic E-state index is 0.120. The van der Waals surface area contributed by atoms with E-state index in [-0.39, 0.29) is 5.75 Å². The molecule has 1 rings (SSSR count). The Bertz CT molecular complexity index is 307. The molecule has 0 unspecified atom stereocenters. The summed E-state index contributed by atoms with van der Waals surface area (Å²) in [5.74, 6) is 0.120. The van der Waals surface area contributed by atoms with Crippen LogP contribution >= 0.6 is 11.6 Å². The number of rotatable bonds is 2. The Balaban J connectivity index is 2.86. The van der Waals surface area contributed by atoms with E-state index in [4.69, 9.17) is 11.6 Å². The van der Waals surface area contributed by atoms with Gasteiger partial charge in [-0.05, 0) is 30.7 Å². The van der Waals surface area contributed by atoms with Crippen LogP contribution in [0, 0.1) is 6.92 Å². The molecule has 0 fully saturated rings. The van der Waals surface area contributed by atoms with Crippen molar-refractivity contribution in [3.8, 4) is 5.75 Å². The molecule has 0 aliphatic rings. The molecule has 4 heteroatoms. The monoisotopic (exact) mass is 206 g/mol. The number of hydrogen-bond acceptors (Lipinski definition) is 1. The smallest absolute Gasteiger partial charge is 0.394 e. The number of halogens is 3. The fourth-order valence-electron chi connectivity index (χ4n) is 0.888. The summed E-state index contributed by atoms with van der Waals surface area (Å²) >= 11 is 5.71. The third kappa shape index (κ3) is 3.19. The van der Waals surface area contributed by atoms with Gasteiger partial charge in [0.2, 0.25) is 0 Å². The second-order valence-electron chi connectivity index (χ2n) is 2.82. The van der Waals surface area contributed by atoms with E-state index in [1.807, 2.05) is 0 Å². The first-order valence-corrected chi connectivity index (χ1v) is 4.09. The zero-order chi connectivity index (χ0) is 10.1. The van der Waals surface area contributed by atoms with Gasteiger partial charge < -0.3 is 4.74 Å². The highest BCUT2D eigenvalue weighted by atomic mass is 35.5. The third-order valence-corrected chi connectivity index (χ3v) is 1.85. The zero-order valence-electron chi connectivity index (χ0n) is 7.27. The summed E-state index contributed by atoms with van der Waals surface area (Å²) in [6, 6.07) is 4.41. The SMILES string of the molecule is Cc1cc(OC(C)(F)F)ccc1Cl. The van der Waals surface area contributed by atoms with Gasteiger partial charge in [0.25, 0.3) is 0 Å². The molecular weight excluding hydrogens is 198 g/mol. The van der Waals surface area contributed by atoms with Crippen LogP contribution in [0.5, 0.6) is 5.75 Å². The quantitative estimate of drug-likeness (QED) is 0.718. The lowest BCUT2D eigenvalue weighted by Gasteiger charge is -2.13. The van der Waals surface area contributed by atoms with Crippen LogP contribution in [0.3, 0.4) is 0 Å². The van der Waals surface area contributed by atoms with E-state index >= 15 is 0 Å². The van der Waals surface area contributed by atoms with E-state index in [0.717, 1.165) is 0 Å². The fraction of sp³-hybridized carbons (Fsp3) is 0.333. The molecule has 72 valence electrons.